The SMILES string of the molecule is Cc1cccc(Cl)c1C(=O)NC(Cc1ccc(NC(=O)c2c(F)cccc2F)cc1)C(=O)O. The molecule has 0 heterocycles. The Labute approximate surface area is 193 Å². The molecular weight excluding hydrogens is 454 g/mol. The Kier molecular flexibility index (Phi) is 7.40. The molecule has 9 heteroatoms. The van der Waals surface area contributed by atoms with Crippen LogP contribution in [0, 0.1) is 18.6 Å². The van der Waals surface area contributed by atoms with Gasteiger partial charge in [-0.1, -0.05) is 41.9 Å². The summed E-state index contributed by atoms with van der Waals surface area (Å²) in [6.07, 6.45) is -0.0409. The lowest BCUT2D eigenvalue weighted by Crippen LogP contribution is -2.42. The fraction of sp³-hybridized carbons (Fsp3) is 0.125. The number of anilines is 1. The average molecular weight is 473 g/mol. The molecule has 3 aromatic rings. The number of carbonyl (C=O) groups excluding carboxylic acids is 2. The van der Waals surface area contributed by atoms with Crippen LogP contribution in [0.4, 0.5) is 14.5 Å². The van der Waals surface area contributed by atoms with Gasteiger partial charge in [-0.05, 0) is 48.4 Å². The summed E-state index contributed by atoms with van der Waals surface area (Å²) in [6, 6.07) is 12.8. The number of rotatable bonds is 7. The fourth-order valence-electron chi connectivity index (χ4n) is 3.22. The lowest BCUT2D eigenvalue weighted by Gasteiger charge is -2.16. The molecule has 33 heavy (non-hydrogen) atoms. The van der Waals surface area contributed by atoms with Crippen LogP contribution >= 0.6 is 11.6 Å². The quantitative estimate of drug-likeness (QED) is 0.468. The molecule has 2 amide bonds. The van der Waals surface area contributed by atoms with E-state index < -0.39 is 41.0 Å². The van der Waals surface area contributed by atoms with Gasteiger partial charge in [-0.25, -0.2) is 13.6 Å². The number of carbonyl (C=O) groups is 3. The van der Waals surface area contributed by atoms with Crippen LogP contribution in [-0.2, 0) is 11.2 Å². The second-order valence-corrected chi connectivity index (χ2v) is 7.66. The first-order chi connectivity index (χ1) is 15.7. The van der Waals surface area contributed by atoms with Gasteiger partial charge in [-0.2, -0.15) is 0 Å². The number of benzene rings is 3. The summed E-state index contributed by atoms with van der Waals surface area (Å²) in [4.78, 5) is 36.5. The summed E-state index contributed by atoms with van der Waals surface area (Å²) < 4.78 is 27.5. The van der Waals surface area contributed by atoms with Crippen molar-refractivity contribution < 1.29 is 28.3 Å². The van der Waals surface area contributed by atoms with E-state index >= 15 is 0 Å². The van der Waals surface area contributed by atoms with Crippen LogP contribution < -0.4 is 10.6 Å². The first kappa shape index (κ1) is 23.9. The van der Waals surface area contributed by atoms with Crippen molar-refractivity contribution in [2.24, 2.45) is 0 Å². The molecule has 0 aliphatic rings. The van der Waals surface area contributed by atoms with Crippen molar-refractivity contribution in [3.05, 3.63) is 99.6 Å². The average Bonchev–Trinajstić information content (AvgIpc) is 2.74. The summed E-state index contributed by atoms with van der Waals surface area (Å²) in [6.45, 7) is 1.69. The molecule has 0 spiro atoms. The maximum absolute atomic E-state index is 13.8. The van der Waals surface area contributed by atoms with Crippen LogP contribution in [0.1, 0.15) is 31.8 Å². The lowest BCUT2D eigenvalue weighted by molar-refractivity contribution is -0.139. The van der Waals surface area contributed by atoms with Crippen molar-refractivity contribution >= 4 is 35.1 Å². The zero-order valence-corrected chi connectivity index (χ0v) is 18.1. The van der Waals surface area contributed by atoms with Gasteiger partial charge in [0.25, 0.3) is 11.8 Å². The highest BCUT2D eigenvalue weighted by atomic mass is 35.5. The van der Waals surface area contributed by atoms with Crippen LogP contribution in [0.2, 0.25) is 5.02 Å². The van der Waals surface area contributed by atoms with Gasteiger partial charge in [-0.3, -0.25) is 9.59 Å². The van der Waals surface area contributed by atoms with E-state index in [2.05, 4.69) is 10.6 Å². The van der Waals surface area contributed by atoms with Crippen LogP contribution in [0.5, 0.6) is 0 Å². The molecule has 0 aromatic heterocycles. The number of carboxylic acid groups (broad SMARTS) is 1. The molecule has 1 unspecified atom stereocenters. The van der Waals surface area contributed by atoms with Crippen LogP contribution in [0.3, 0.4) is 0 Å². The number of nitrogens with one attached hydrogen (secondary N) is 2. The van der Waals surface area contributed by atoms with E-state index in [0.717, 1.165) is 18.2 Å². The summed E-state index contributed by atoms with van der Waals surface area (Å²) in [5.41, 5.74) is 0.909. The van der Waals surface area contributed by atoms with Gasteiger partial charge in [0.2, 0.25) is 0 Å². The van der Waals surface area contributed by atoms with E-state index in [9.17, 15) is 28.3 Å². The van der Waals surface area contributed by atoms with Gasteiger partial charge in [0.15, 0.2) is 0 Å². The maximum Gasteiger partial charge on any atom is 0.326 e. The zero-order valence-electron chi connectivity index (χ0n) is 17.4. The Morgan fingerprint density at radius 2 is 1.52 bits per heavy atom. The monoisotopic (exact) mass is 472 g/mol. The maximum atomic E-state index is 13.8. The van der Waals surface area contributed by atoms with Gasteiger partial charge in [0.1, 0.15) is 23.2 Å². The molecule has 0 aliphatic heterocycles. The number of carboxylic acids is 1. The van der Waals surface area contributed by atoms with Crippen molar-refractivity contribution in [1.82, 2.24) is 5.32 Å². The molecule has 1 atom stereocenters. The van der Waals surface area contributed by atoms with Gasteiger partial charge < -0.3 is 15.7 Å². The van der Waals surface area contributed by atoms with E-state index in [1.165, 1.54) is 24.3 Å². The second-order valence-electron chi connectivity index (χ2n) is 7.25. The molecule has 6 nitrogen and oxygen atoms in total. The summed E-state index contributed by atoms with van der Waals surface area (Å²) in [5, 5.41) is 14.6. The Bertz CT molecular complexity index is 1180. The molecule has 0 fully saturated rings. The highest BCUT2D eigenvalue weighted by Crippen LogP contribution is 2.20. The number of aryl methyl sites for hydroxylation is 1. The van der Waals surface area contributed by atoms with Crippen molar-refractivity contribution in [3.8, 4) is 0 Å². The van der Waals surface area contributed by atoms with Crippen LogP contribution in [0.15, 0.2) is 60.7 Å². The molecule has 3 rings (SSSR count). The Balaban J connectivity index is 1.70. The Hall–Kier alpha value is -3.78. The normalized spacial score (nSPS) is 11.5. The van der Waals surface area contributed by atoms with Gasteiger partial charge >= 0.3 is 5.97 Å². The molecule has 0 bridgehead atoms. The molecule has 3 N–H and O–H groups in total. The molecule has 3 aromatic carbocycles. The van der Waals surface area contributed by atoms with Crippen molar-refractivity contribution in [2.45, 2.75) is 19.4 Å². The predicted molar refractivity (Wildman–Crippen MR) is 120 cm³/mol. The third-order valence-corrected chi connectivity index (χ3v) is 5.21. The highest BCUT2D eigenvalue weighted by molar-refractivity contribution is 6.34. The third kappa shape index (κ3) is 5.72. The molecule has 170 valence electrons. The summed E-state index contributed by atoms with van der Waals surface area (Å²) in [5.74, 6) is -4.78. The van der Waals surface area contributed by atoms with E-state index in [4.69, 9.17) is 11.6 Å². The van der Waals surface area contributed by atoms with Crippen LogP contribution in [0.25, 0.3) is 0 Å². The first-order valence-electron chi connectivity index (χ1n) is 9.80. The third-order valence-electron chi connectivity index (χ3n) is 4.89. The fourth-order valence-corrected chi connectivity index (χ4v) is 3.53. The number of aliphatic carboxylic acids is 1. The van der Waals surface area contributed by atoms with Gasteiger partial charge in [0.05, 0.1) is 10.6 Å². The number of hydrogen-bond donors (Lipinski definition) is 3. The molecule has 0 aliphatic carbocycles. The summed E-state index contributed by atoms with van der Waals surface area (Å²) in [7, 11) is 0. The van der Waals surface area contributed by atoms with E-state index in [1.807, 2.05) is 0 Å². The molecule has 0 saturated carbocycles. The van der Waals surface area contributed by atoms with Crippen molar-refractivity contribution in [2.75, 3.05) is 5.32 Å². The standard InChI is InChI=1S/C24H19ClF2N2O4/c1-13-4-2-5-16(25)20(13)22(30)29-19(24(32)33)12-14-8-10-15(11-9-14)28-23(31)21-17(26)6-3-7-18(21)27/h2-11,19H,12H2,1H3,(H,28,31)(H,29,30)(H,32,33). The Morgan fingerprint density at radius 3 is 2.09 bits per heavy atom. The predicted octanol–water partition coefficient (Wildman–Crippen LogP) is 4.60. The summed E-state index contributed by atoms with van der Waals surface area (Å²) >= 11 is 6.08. The van der Waals surface area contributed by atoms with Crippen LogP contribution in [-0.4, -0.2) is 28.9 Å². The van der Waals surface area contributed by atoms with E-state index in [-0.39, 0.29) is 22.7 Å². The lowest BCUT2D eigenvalue weighted by atomic mass is 10.0. The zero-order chi connectivity index (χ0) is 24.1. The van der Waals surface area contributed by atoms with Gasteiger partial charge in [-0.15, -0.1) is 0 Å². The molecular formula is C24H19ClF2N2O4. The molecule has 0 saturated heterocycles. The highest BCUT2D eigenvalue weighted by Gasteiger charge is 2.23. The number of amides is 2. The minimum absolute atomic E-state index is 0.0409. The molecule has 0 radical (unpaired) electrons. The smallest absolute Gasteiger partial charge is 0.326 e. The number of hydrogen-bond acceptors (Lipinski definition) is 3. The number of halogens is 3. The van der Waals surface area contributed by atoms with Crippen molar-refractivity contribution in [1.29, 1.82) is 0 Å². The van der Waals surface area contributed by atoms with Gasteiger partial charge in [0, 0.05) is 12.1 Å². The minimum atomic E-state index is -1.24. The largest absolute Gasteiger partial charge is 0.480 e. The minimum Gasteiger partial charge on any atom is -0.480 e. The topological polar surface area (TPSA) is 95.5 Å². The first-order valence-corrected chi connectivity index (χ1v) is 10.2. The van der Waals surface area contributed by atoms with E-state index in [1.54, 1.807) is 25.1 Å². The van der Waals surface area contributed by atoms with Crippen molar-refractivity contribution in [3.63, 3.8) is 0 Å². The Morgan fingerprint density at radius 1 is 0.909 bits per heavy atom. The van der Waals surface area contributed by atoms with E-state index in [0.29, 0.717) is 11.1 Å². The second kappa shape index (κ2) is 10.2.